The van der Waals surface area contributed by atoms with Crippen LogP contribution in [-0.4, -0.2) is 31.1 Å². The molecule has 5 heteroatoms. The molecule has 0 aliphatic carbocycles. The van der Waals surface area contributed by atoms with Crippen LogP contribution in [0, 0.1) is 11.6 Å². The average molecular weight is 243 g/mol. The summed E-state index contributed by atoms with van der Waals surface area (Å²) in [5, 5.41) is 0. The molecule has 0 unspecified atom stereocenters. The van der Waals surface area contributed by atoms with Gasteiger partial charge in [0.05, 0.1) is 0 Å². The molecular formula is C12H15F2NO2. The molecule has 0 aliphatic rings. The summed E-state index contributed by atoms with van der Waals surface area (Å²) in [7, 11) is 1.55. The number of rotatable bonds is 5. The van der Waals surface area contributed by atoms with Crippen molar-refractivity contribution in [1.82, 2.24) is 4.90 Å². The number of amides is 1. The Morgan fingerprint density at radius 3 is 2.71 bits per heavy atom. The number of carbonyl (C=O) groups excluding carboxylic acids is 1. The lowest BCUT2D eigenvalue weighted by Crippen LogP contribution is -2.30. The van der Waals surface area contributed by atoms with E-state index in [4.69, 9.17) is 4.74 Å². The minimum Gasteiger partial charge on any atom is -0.372 e. The quantitative estimate of drug-likeness (QED) is 0.791. The van der Waals surface area contributed by atoms with Crippen molar-refractivity contribution in [2.45, 2.75) is 13.5 Å². The van der Waals surface area contributed by atoms with E-state index in [2.05, 4.69) is 0 Å². The van der Waals surface area contributed by atoms with Crippen LogP contribution in [-0.2, 0) is 16.1 Å². The van der Waals surface area contributed by atoms with Crippen molar-refractivity contribution in [1.29, 1.82) is 0 Å². The molecule has 0 spiro atoms. The Bertz CT molecular complexity index is 396. The van der Waals surface area contributed by atoms with Gasteiger partial charge in [-0.2, -0.15) is 0 Å². The van der Waals surface area contributed by atoms with Gasteiger partial charge < -0.3 is 9.64 Å². The van der Waals surface area contributed by atoms with Crippen molar-refractivity contribution in [3.63, 3.8) is 0 Å². The first-order valence-corrected chi connectivity index (χ1v) is 5.30. The largest absolute Gasteiger partial charge is 0.372 e. The second kappa shape index (κ2) is 6.30. The van der Waals surface area contributed by atoms with E-state index in [9.17, 15) is 13.6 Å². The van der Waals surface area contributed by atoms with Crippen molar-refractivity contribution >= 4 is 5.91 Å². The highest BCUT2D eigenvalue weighted by molar-refractivity contribution is 5.77. The molecule has 1 amide bonds. The SMILES string of the molecule is CCOCC(=O)N(C)Cc1ccc(F)cc1F. The highest BCUT2D eigenvalue weighted by Gasteiger charge is 2.12. The Kier molecular flexibility index (Phi) is 5.03. The van der Waals surface area contributed by atoms with Crippen molar-refractivity contribution < 1.29 is 18.3 Å². The normalized spacial score (nSPS) is 10.4. The molecule has 1 rings (SSSR count). The van der Waals surface area contributed by atoms with Crippen LogP contribution < -0.4 is 0 Å². The lowest BCUT2D eigenvalue weighted by molar-refractivity contribution is -0.135. The van der Waals surface area contributed by atoms with E-state index in [0.717, 1.165) is 6.07 Å². The van der Waals surface area contributed by atoms with Crippen LogP contribution in [0.3, 0.4) is 0 Å². The summed E-state index contributed by atoms with van der Waals surface area (Å²) in [6, 6.07) is 3.30. The first kappa shape index (κ1) is 13.6. The summed E-state index contributed by atoms with van der Waals surface area (Å²) in [5.41, 5.74) is 0.277. The molecule has 1 aromatic rings. The Morgan fingerprint density at radius 2 is 2.12 bits per heavy atom. The predicted molar refractivity (Wildman–Crippen MR) is 59.3 cm³/mol. The van der Waals surface area contributed by atoms with E-state index in [0.29, 0.717) is 6.61 Å². The third kappa shape index (κ3) is 4.11. The van der Waals surface area contributed by atoms with Crippen LogP contribution in [0.1, 0.15) is 12.5 Å². The molecule has 0 saturated heterocycles. The summed E-state index contributed by atoms with van der Waals surface area (Å²) >= 11 is 0. The van der Waals surface area contributed by atoms with Gasteiger partial charge in [-0.1, -0.05) is 6.07 Å². The fourth-order valence-electron chi connectivity index (χ4n) is 1.29. The van der Waals surface area contributed by atoms with Gasteiger partial charge in [-0.15, -0.1) is 0 Å². The summed E-state index contributed by atoms with van der Waals surface area (Å²) < 4.78 is 30.9. The maximum atomic E-state index is 13.3. The molecule has 1 aromatic carbocycles. The zero-order valence-electron chi connectivity index (χ0n) is 9.87. The van der Waals surface area contributed by atoms with Crippen molar-refractivity contribution in [2.75, 3.05) is 20.3 Å². The smallest absolute Gasteiger partial charge is 0.248 e. The van der Waals surface area contributed by atoms with Crippen molar-refractivity contribution in [3.05, 3.63) is 35.4 Å². The topological polar surface area (TPSA) is 29.5 Å². The Labute approximate surface area is 99.0 Å². The molecule has 0 atom stereocenters. The van der Waals surface area contributed by atoms with Crippen LogP contribution >= 0.6 is 0 Å². The Balaban J connectivity index is 2.61. The predicted octanol–water partition coefficient (Wildman–Crippen LogP) is 1.96. The zero-order chi connectivity index (χ0) is 12.8. The third-order valence-electron chi connectivity index (χ3n) is 2.28. The van der Waals surface area contributed by atoms with Gasteiger partial charge in [0.15, 0.2) is 0 Å². The zero-order valence-corrected chi connectivity index (χ0v) is 9.87. The number of hydrogen-bond acceptors (Lipinski definition) is 2. The molecule has 0 radical (unpaired) electrons. The average Bonchev–Trinajstić information content (AvgIpc) is 2.29. The van der Waals surface area contributed by atoms with Crippen LogP contribution in [0.5, 0.6) is 0 Å². The van der Waals surface area contributed by atoms with Gasteiger partial charge in [-0.05, 0) is 13.0 Å². The summed E-state index contributed by atoms with van der Waals surface area (Å²) in [5.74, 6) is -1.52. The number of hydrogen-bond donors (Lipinski definition) is 0. The molecule has 0 aromatic heterocycles. The van der Waals surface area contributed by atoms with Gasteiger partial charge in [-0.25, -0.2) is 8.78 Å². The van der Waals surface area contributed by atoms with Gasteiger partial charge in [0.1, 0.15) is 18.2 Å². The number of nitrogens with zero attached hydrogens (tertiary/aromatic N) is 1. The molecule has 3 nitrogen and oxygen atoms in total. The monoisotopic (exact) mass is 243 g/mol. The number of halogens is 2. The molecule has 0 heterocycles. The standard InChI is InChI=1S/C12H15F2NO2/c1-3-17-8-12(16)15(2)7-9-4-5-10(13)6-11(9)14/h4-6H,3,7-8H2,1-2H3. The molecular weight excluding hydrogens is 228 g/mol. The van der Waals surface area contributed by atoms with E-state index in [1.807, 2.05) is 0 Å². The van der Waals surface area contributed by atoms with E-state index >= 15 is 0 Å². The van der Waals surface area contributed by atoms with Gasteiger partial charge in [-0.3, -0.25) is 4.79 Å². The minimum absolute atomic E-state index is 0.0319. The summed E-state index contributed by atoms with van der Waals surface area (Å²) in [4.78, 5) is 12.8. The van der Waals surface area contributed by atoms with Gasteiger partial charge in [0.2, 0.25) is 5.91 Å². The van der Waals surface area contributed by atoms with E-state index < -0.39 is 11.6 Å². The Morgan fingerprint density at radius 1 is 1.41 bits per heavy atom. The maximum absolute atomic E-state index is 13.3. The fraction of sp³-hybridized carbons (Fsp3) is 0.417. The fourth-order valence-corrected chi connectivity index (χ4v) is 1.29. The lowest BCUT2D eigenvalue weighted by Gasteiger charge is -2.17. The van der Waals surface area contributed by atoms with E-state index in [1.165, 1.54) is 17.0 Å². The van der Waals surface area contributed by atoms with E-state index in [1.54, 1.807) is 14.0 Å². The highest BCUT2D eigenvalue weighted by atomic mass is 19.1. The van der Waals surface area contributed by atoms with Crippen molar-refractivity contribution in [2.24, 2.45) is 0 Å². The summed E-state index contributed by atoms with van der Waals surface area (Å²) in [6.07, 6.45) is 0. The highest BCUT2D eigenvalue weighted by Crippen LogP contribution is 2.11. The Hall–Kier alpha value is -1.49. The molecule has 0 bridgehead atoms. The molecule has 0 aliphatic heterocycles. The van der Waals surface area contributed by atoms with E-state index in [-0.39, 0.29) is 24.6 Å². The lowest BCUT2D eigenvalue weighted by atomic mass is 10.2. The first-order chi connectivity index (χ1) is 8.04. The second-order valence-electron chi connectivity index (χ2n) is 3.62. The molecule has 94 valence electrons. The maximum Gasteiger partial charge on any atom is 0.248 e. The molecule has 17 heavy (non-hydrogen) atoms. The van der Waals surface area contributed by atoms with Crippen molar-refractivity contribution in [3.8, 4) is 0 Å². The van der Waals surface area contributed by atoms with Crippen LogP contribution in [0.4, 0.5) is 8.78 Å². The number of benzene rings is 1. The summed E-state index contributed by atoms with van der Waals surface area (Å²) in [6.45, 7) is 2.30. The number of ether oxygens (including phenoxy) is 1. The van der Waals surface area contributed by atoms with Gasteiger partial charge in [0.25, 0.3) is 0 Å². The molecule has 0 N–H and O–H groups in total. The second-order valence-corrected chi connectivity index (χ2v) is 3.62. The van der Waals surface area contributed by atoms with Crippen LogP contribution in [0.15, 0.2) is 18.2 Å². The molecule has 0 saturated carbocycles. The first-order valence-electron chi connectivity index (χ1n) is 5.30. The number of likely N-dealkylation sites (N-methyl/N-ethyl adjacent to an activating group) is 1. The van der Waals surface area contributed by atoms with Crippen LogP contribution in [0.25, 0.3) is 0 Å². The third-order valence-corrected chi connectivity index (χ3v) is 2.28. The number of carbonyl (C=O) groups is 1. The van der Waals surface area contributed by atoms with Gasteiger partial charge in [0, 0.05) is 31.8 Å². The minimum atomic E-state index is -0.652. The van der Waals surface area contributed by atoms with Gasteiger partial charge >= 0.3 is 0 Å². The van der Waals surface area contributed by atoms with Crippen LogP contribution in [0.2, 0.25) is 0 Å². The molecule has 0 fully saturated rings.